The molecule has 0 aromatic heterocycles. The Bertz CT molecular complexity index is 592. The Balaban J connectivity index is 1.96. The zero-order valence-electron chi connectivity index (χ0n) is 11.8. The second-order valence-corrected chi connectivity index (χ2v) is 5.57. The van der Waals surface area contributed by atoms with Gasteiger partial charge in [-0.3, -0.25) is 0 Å². The van der Waals surface area contributed by atoms with Gasteiger partial charge in [-0.25, -0.2) is 0 Å². The maximum atomic E-state index is 11.1. The Kier molecular flexibility index (Phi) is 3.49. The fourth-order valence-electron chi connectivity index (χ4n) is 3.18. The van der Waals surface area contributed by atoms with Gasteiger partial charge in [-0.1, -0.05) is 36.4 Å². The number of aliphatic hydroxyl groups is 1. The molecule has 2 heteroatoms. The van der Waals surface area contributed by atoms with Crippen molar-refractivity contribution in [2.24, 2.45) is 0 Å². The van der Waals surface area contributed by atoms with Crippen molar-refractivity contribution in [3.63, 3.8) is 0 Å². The fourth-order valence-corrected chi connectivity index (χ4v) is 3.18. The third-order valence-corrected chi connectivity index (χ3v) is 4.19. The Labute approximate surface area is 120 Å². The topological polar surface area (TPSA) is 29.5 Å². The lowest BCUT2D eigenvalue weighted by Gasteiger charge is -2.35. The van der Waals surface area contributed by atoms with E-state index in [2.05, 4.69) is 18.2 Å². The fraction of sp³-hybridized carbons (Fsp3) is 0.333. The molecule has 0 fully saturated rings. The Morgan fingerprint density at radius 3 is 2.70 bits per heavy atom. The van der Waals surface area contributed by atoms with E-state index in [1.165, 1.54) is 11.1 Å². The van der Waals surface area contributed by atoms with Crippen LogP contribution in [-0.4, -0.2) is 12.2 Å². The van der Waals surface area contributed by atoms with Crippen molar-refractivity contribution in [2.45, 2.75) is 31.3 Å². The van der Waals surface area contributed by atoms with Crippen molar-refractivity contribution in [2.75, 3.05) is 7.11 Å². The van der Waals surface area contributed by atoms with Gasteiger partial charge < -0.3 is 9.84 Å². The molecule has 0 saturated carbocycles. The standard InChI is InChI=1S/C18H20O2/c1-20-16-9-10-17-15(12-16)8-5-11-18(17,19)13-14-6-3-2-4-7-14/h2-4,6-7,9-10,12,19H,5,8,11,13H2,1H3/t18-/m1/s1. The van der Waals surface area contributed by atoms with Crippen LogP contribution in [0.4, 0.5) is 0 Å². The number of rotatable bonds is 3. The third-order valence-electron chi connectivity index (χ3n) is 4.19. The first-order valence-corrected chi connectivity index (χ1v) is 7.15. The highest BCUT2D eigenvalue weighted by molar-refractivity contribution is 5.41. The Morgan fingerprint density at radius 1 is 1.15 bits per heavy atom. The first kappa shape index (κ1) is 13.2. The molecule has 0 bridgehead atoms. The molecule has 1 aliphatic rings. The first-order chi connectivity index (χ1) is 9.71. The molecular formula is C18H20O2. The van der Waals surface area contributed by atoms with E-state index in [0.717, 1.165) is 30.6 Å². The molecule has 0 radical (unpaired) electrons. The quantitative estimate of drug-likeness (QED) is 0.923. The number of aryl methyl sites for hydroxylation is 1. The highest BCUT2D eigenvalue weighted by Crippen LogP contribution is 2.39. The lowest BCUT2D eigenvalue weighted by Crippen LogP contribution is -2.33. The summed E-state index contributed by atoms with van der Waals surface area (Å²) in [6.45, 7) is 0. The van der Waals surface area contributed by atoms with Crippen LogP contribution in [0.3, 0.4) is 0 Å². The zero-order chi connectivity index (χ0) is 14.0. The Morgan fingerprint density at radius 2 is 1.95 bits per heavy atom. The highest BCUT2D eigenvalue weighted by Gasteiger charge is 2.34. The Hall–Kier alpha value is -1.80. The van der Waals surface area contributed by atoms with Gasteiger partial charge in [0.15, 0.2) is 0 Å². The SMILES string of the molecule is COc1ccc2c(c1)CCC[C@@]2(O)Cc1ccccc1. The lowest BCUT2D eigenvalue weighted by molar-refractivity contribution is 0.0190. The molecule has 20 heavy (non-hydrogen) atoms. The molecule has 0 heterocycles. The van der Waals surface area contributed by atoms with Crippen molar-refractivity contribution < 1.29 is 9.84 Å². The maximum absolute atomic E-state index is 11.1. The van der Waals surface area contributed by atoms with E-state index in [9.17, 15) is 5.11 Å². The minimum atomic E-state index is -0.749. The molecule has 2 nitrogen and oxygen atoms in total. The molecule has 1 atom stereocenters. The molecule has 0 unspecified atom stereocenters. The summed E-state index contributed by atoms with van der Waals surface area (Å²) in [7, 11) is 1.68. The minimum Gasteiger partial charge on any atom is -0.497 e. The summed E-state index contributed by atoms with van der Waals surface area (Å²) < 4.78 is 5.29. The van der Waals surface area contributed by atoms with Gasteiger partial charge >= 0.3 is 0 Å². The molecule has 0 amide bonds. The van der Waals surface area contributed by atoms with E-state index >= 15 is 0 Å². The molecular weight excluding hydrogens is 248 g/mol. The van der Waals surface area contributed by atoms with E-state index in [4.69, 9.17) is 4.74 Å². The smallest absolute Gasteiger partial charge is 0.119 e. The number of methoxy groups -OCH3 is 1. The molecule has 0 saturated heterocycles. The summed E-state index contributed by atoms with van der Waals surface area (Å²) in [6.07, 6.45) is 3.53. The monoisotopic (exact) mass is 268 g/mol. The van der Waals surface area contributed by atoms with Crippen molar-refractivity contribution in [3.05, 3.63) is 65.2 Å². The van der Waals surface area contributed by atoms with Gasteiger partial charge in [0.05, 0.1) is 12.7 Å². The van der Waals surface area contributed by atoms with Crippen LogP contribution in [-0.2, 0) is 18.4 Å². The van der Waals surface area contributed by atoms with Crippen molar-refractivity contribution >= 4 is 0 Å². The van der Waals surface area contributed by atoms with Crippen LogP contribution in [0.1, 0.15) is 29.5 Å². The predicted molar refractivity (Wildman–Crippen MR) is 80.0 cm³/mol. The number of benzene rings is 2. The van der Waals surface area contributed by atoms with Crippen LogP contribution >= 0.6 is 0 Å². The molecule has 0 aliphatic heterocycles. The summed E-state index contributed by atoms with van der Waals surface area (Å²) in [5, 5.41) is 11.1. The van der Waals surface area contributed by atoms with Gasteiger partial charge in [0.2, 0.25) is 0 Å². The van der Waals surface area contributed by atoms with Gasteiger partial charge in [0, 0.05) is 6.42 Å². The summed E-state index contributed by atoms with van der Waals surface area (Å²) >= 11 is 0. The zero-order valence-corrected chi connectivity index (χ0v) is 11.8. The summed E-state index contributed by atoms with van der Waals surface area (Å²) in [4.78, 5) is 0. The van der Waals surface area contributed by atoms with Crippen LogP contribution in [0.25, 0.3) is 0 Å². The van der Waals surface area contributed by atoms with Gasteiger partial charge in [-0.15, -0.1) is 0 Å². The van der Waals surface area contributed by atoms with Crippen LogP contribution in [0.2, 0.25) is 0 Å². The number of hydrogen-bond donors (Lipinski definition) is 1. The first-order valence-electron chi connectivity index (χ1n) is 7.15. The van der Waals surface area contributed by atoms with Gasteiger partial charge in [-0.2, -0.15) is 0 Å². The van der Waals surface area contributed by atoms with E-state index in [1.54, 1.807) is 7.11 Å². The molecule has 2 aromatic carbocycles. The molecule has 2 aromatic rings. The van der Waals surface area contributed by atoms with Gasteiger partial charge in [0.25, 0.3) is 0 Å². The molecule has 0 spiro atoms. The van der Waals surface area contributed by atoms with Crippen molar-refractivity contribution in [1.29, 1.82) is 0 Å². The van der Waals surface area contributed by atoms with Crippen LogP contribution in [0.15, 0.2) is 48.5 Å². The van der Waals surface area contributed by atoms with Crippen molar-refractivity contribution in [1.82, 2.24) is 0 Å². The maximum Gasteiger partial charge on any atom is 0.119 e. The minimum absolute atomic E-state index is 0.674. The third kappa shape index (κ3) is 2.44. The van der Waals surface area contributed by atoms with Crippen LogP contribution < -0.4 is 4.74 Å². The lowest BCUT2D eigenvalue weighted by atomic mass is 9.76. The van der Waals surface area contributed by atoms with Crippen molar-refractivity contribution in [3.8, 4) is 5.75 Å². The number of fused-ring (bicyclic) bond motifs is 1. The van der Waals surface area contributed by atoms with Crippen LogP contribution in [0, 0.1) is 0 Å². The van der Waals surface area contributed by atoms with E-state index in [1.807, 2.05) is 30.3 Å². The predicted octanol–water partition coefficient (Wildman–Crippen LogP) is 3.46. The number of hydrogen-bond acceptors (Lipinski definition) is 2. The average Bonchev–Trinajstić information content (AvgIpc) is 2.48. The highest BCUT2D eigenvalue weighted by atomic mass is 16.5. The molecule has 3 rings (SSSR count). The second kappa shape index (κ2) is 5.29. The van der Waals surface area contributed by atoms with Crippen LogP contribution in [0.5, 0.6) is 5.75 Å². The number of ether oxygens (including phenoxy) is 1. The summed E-state index contributed by atoms with van der Waals surface area (Å²) in [5.74, 6) is 0.868. The van der Waals surface area contributed by atoms with E-state index in [-0.39, 0.29) is 0 Å². The summed E-state index contributed by atoms with van der Waals surface area (Å²) in [6, 6.07) is 16.2. The molecule has 1 N–H and O–H groups in total. The van der Waals surface area contributed by atoms with E-state index in [0.29, 0.717) is 6.42 Å². The van der Waals surface area contributed by atoms with Gasteiger partial charge in [0.1, 0.15) is 5.75 Å². The normalized spacial score (nSPS) is 21.3. The van der Waals surface area contributed by atoms with E-state index < -0.39 is 5.60 Å². The van der Waals surface area contributed by atoms with Gasteiger partial charge in [-0.05, 0) is 48.1 Å². The average molecular weight is 268 g/mol. The molecule has 104 valence electrons. The molecule has 1 aliphatic carbocycles. The largest absolute Gasteiger partial charge is 0.497 e. The second-order valence-electron chi connectivity index (χ2n) is 5.57. The summed E-state index contributed by atoms with van der Waals surface area (Å²) in [5.41, 5.74) is 2.71.